The van der Waals surface area contributed by atoms with Gasteiger partial charge in [-0.15, -0.1) is 0 Å². The Labute approximate surface area is 83.5 Å². The van der Waals surface area contributed by atoms with Gasteiger partial charge in [-0.25, -0.2) is 0 Å². The van der Waals surface area contributed by atoms with Crippen molar-refractivity contribution in [3.05, 3.63) is 0 Å². The van der Waals surface area contributed by atoms with E-state index in [0.717, 1.165) is 6.92 Å². The fraction of sp³-hybridized carbons (Fsp3) is 0.625. The van der Waals surface area contributed by atoms with Gasteiger partial charge >= 0.3 is 17.9 Å². The average molecular weight is 218 g/mol. The van der Waals surface area contributed by atoms with Gasteiger partial charge in [0.25, 0.3) is 0 Å². The molecule has 0 bridgehead atoms. The van der Waals surface area contributed by atoms with Gasteiger partial charge in [-0.2, -0.15) is 0 Å². The van der Waals surface area contributed by atoms with Crippen LogP contribution in [0.2, 0.25) is 19.6 Å². The molecule has 0 rings (SSSR count). The molecule has 0 aromatic rings. The molecule has 80 valence electrons. The van der Waals surface area contributed by atoms with Crippen LogP contribution in [0.3, 0.4) is 0 Å². The van der Waals surface area contributed by atoms with E-state index in [4.69, 9.17) is 4.43 Å². The van der Waals surface area contributed by atoms with E-state index in [9.17, 15) is 14.4 Å². The minimum atomic E-state index is -1.97. The Balaban J connectivity index is 3.96. The van der Waals surface area contributed by atoms with E-state index in [1.807, 2.05) is 19.6 Å². The molecule has 0 amide bonds. The molecule has 0 radical (unpaired) electrons. The average Bonchev–Trinajstić information content (AvgIpc) is 1.77. The molecule has 0 fully saturated rings. The van der Waals surface area contributed by atoms with Crippen molar-refractivity contribution < 1.29 is 23.5 Å². The number of carbonyl (C=O) groups excluding carboxylic acids is 3. The smallest absolute Gasteiger partial charge is 0.324 e. The molecule has 5 nitrogen and oxygen atoms in total. The van der Waals surface area contributed by atoms with Gasteiger partial charge in [0.15, 0.2) is 0 Å². The predicted octanol–water partition coefficient (Wildman–Crippen LogP) is 0.844. The Hall–Kier alpha value is -1.17. The Bertz CT molecular complexity index is 253. The van der Waals surface area contributed by atoms with Crippen molar-refractivity contribution >= 4 is 26.2 Å². The maximum absolute atomic E-state index is 11.1. The fourth-order valence-corrected chi connectivity index (χ4v) is 1.45. The van der Waals surface area contributed by atoms with Crippen LogP contribution >= 0.6 is 0 Å². The fourth-order valence-electron chi connectivity index (χ4n) is 0.692. The number of esters is 2. The first-order chi connectivity index (χ1) is 6.20. The summed E-state index contributed by atoms with van der Waals surface area (Å²) in [7, 11) is -1.97. The van der Waals surface area contributed by atoms with Gasteiger partial charge in [-0.3, -0.25) is 14.4 Å². The first-order valence-electron chi connectivity index (χ1n) is 4.14. The van der Waals surface area contributed by atoms with E-state index in [2.05, 4.69) is 4.74 Å². The molecule has 0 spiro atoms. The summed E-state index contributed by atoms with van der Waals surface area (Å²) in [6.07, 6.45) is -0.510. The van der Waals surface area contributed by atoms with Crippen LogP contribution in [0.1, 0.15) is 13.3 Å². The van der Waals surface area contributed by atoms with E-state index >= 15 is 0 Å². The van der Waals surface area contributed by atoms with Crippen molar-refractivity contribution in [2.75, 3.05) is 0 Å². The second-order valence-electron chi connectivity index (χ2n) is 3.73. The van der Waals surface area contributed by atoms with Crippen LogP contribution in [-0.4, -0.2) is 26.2 Å². The molecule has 0 aliphatic heterocycles. The molecule has 0 N–H and O–H groups in total. The minimum Gasteiger partial charge on any atom is -0.519 e. The number of ether oxygens (including phenoxy) is 1. The molecule has 0 heterocycles. The highest BCUT2D eigenvalue weighted by Gasteiger charge is 2.22. The zero-order valence-corrected chi connectivity index (χ0v) is 9.75. The summed E-state index contributed by atoms with van der Waals surface area (Å²) in [5, 5.41) is 0. The quantitative estimate of drug-likeness (QED) is 0.399. The zero-order chi connectivity index (χ0) is 11.4. The highest BCUT2D eigenvalue weighted by Crippen LogP contribution is 2.04. The maximum Gasteiger partial charge on any atom is 0.324 e. The Morgan fingerprint density at radius 3 is 1.93 bits per heavy atom. The van der Waals surface area contributed by atoms with Crippen molar-refractivity contribution in [2.45, 2.75) is 33.0 Å². The van der Waals surface area contributed by atoms with E-state index in [0.29, 0.717) is 0 Å². The Morgan fingerprint density at radius 2 is 1.57 bits per heavy atom. The molecule has 0 aliphatic carbocycles. The van der Waals surface area contributed by atoms with Crippen LogP contribution in [0.5, 0.6) is 0 Å². The molecule has 0 aliphatic rings. The summed E-state index contributed by atoms with van der Waals surface area (Å²) in [5.74, 6) is -2.24. The summed E-state index contributed by atoms with van der Waals surface area (Å²) in [6, 6.07) is 0. The summed E-state index contributed by atoms with van der Waals surface area (Å²) >= 11 is 0. The molecule has 0 unspecified atom stereocenters. The van der Waals surface area contributed by atoms with Crippen molar-refractivity contribution in [1.29, 1.82) is 0 Å². The van der Waals surface area contributed by atoms with E-state index in [1.54, 1.807) is 0 Å². The summed E-state index contributed by atoms with van der Waals surface area (Å²) in [4.78, 5) is 32.2. The molecule has 0 atom stereocenters. The molecular weight excluding hydrogens is 204 g/mol. The minimum absolute atomic E-state index is 0.510. The lowest BCUT2D eigenvalue weighted by Gasteiger charge is -2.16. The van der Waals surface area contributed by atoms with Crippen LogP contribution in [0, 0.1) is 0 Å². The number of hydrogen-bond donors (Lipinski definition) is 0. The SMILES string of the molecule is CC(=O)OC(=O)CC(=O)O[Si](C)(C)C. The van der Waals surface area contributed by atoms with Gasteiger partial charge in [0.1, 0.15) is 6.42 Å². The lowest BCUT2D eigenvalue weighted by molar-refractivity contribution is -0.160. The third kappa shape index (κ3) is 7.47. The summed E-state index contributed by atoms with van der Waals surface area (Å²) in [6.45, 7) is 6.56. The second-order valence-corrected chi connectivity index (χ2v) is 8.16. The van der Waals surface area contributed by atoms with Crippen molar-refractivity contribution in [2.24, 2.45) is 0 Å². The Kier molecular flexibility index (Phi) is 4.49. The standard InChI is InChI=1S/C8H14O5Si/c1-6(9)12-7(10)5-8(11)13-14(2,3)4/h5H2,1-4H3. The maximum atomic E-state index is 11.1. The predicted molar refractivity (Wildman–Crippen MR) is 50.8 cm³/mol. The number of carbonyl (C=O) groups is 3. The summed E-state index contributed by atoms with van der Waals surface area (Å²) < 4.78 is 9.15. The third-order valence-corrected chi connectivity index (χ3v) is 1.81. The zero-order valence-electron chi connectivity index (χ0n) is 8.75. The molecule has 0 aromatic heterocycles. The molecule has 6 heteroatoms. The van der Waals surface area contributed by atoms with Gasteiger partial charge in [0.2, 0.25) is 8.32 Å². The van der Waals surface area contributed by atoms with Crippen LogP contribution < -0.4 is 0 Å². The largest absolute Gasteiger partial charge is 0.519 e. The molecule has 0 saturated carbocycles. The molecule has 0 saturated heterocycles. The third-order valence-electron chi connectivity index (χ3n) is 0.966. The topological polar surface area (TPSA) is 69.7 Å². The van der Waals surface area contributed by atoms with E-state index < -0.39 is 32.6 Å². The van der Waals surface area contributed by atoms with Crippen molar-refractivity contribution in [1.82, 2.24) is 0 Å². The van der Waals surface area contributed by atoms with Crippen LogP contribution in [0.15, 0.2) is 0 Å². The molecule has 0 aromatic carbocycles. The molecular formula is C8H14O5Si. The first-order valence-corrected chi connectivity index (χ1v) is 7.54. The lowest BCUT2D eigenvalue weighted by atomic mass is 10.4. The van der Waals surface area contributed by atoms with E-state index in [-0.39, 0.29) is 0 Å². The first kappa shape index (κ1) is 12.8. The van der Waals surface area contributed by atoms with Crippen LogP contribution in [0.25, 0.3) is 0 Å². The van der Waals surface area contributed by atoms with Crippen molar-refractivity contribution in [3.8, 4) is 0 Å². The van der Waals surface area contributed by atoms with Gasteiger partial charge in [-0.1, -0.05) is 0 Å². The van der Waals surface area contributed by atoms with Crippen molar-refractivity contribution in [3.63, 3.8) is 0 Å². The number of hydrogen-bond acceptors (Lipinski definition) is 5. The van der Waals surface area contributed by atoms with Gasteiger partial charge in [0, 0.05) is 6.92 Å². The lowest BCUT2D eigenvalue weighted by Crippen LogP contribution is -2.30. The highest BCUT2D eigenvalue weighted by atomic mass is 28.4. The Morgan fingerprint density at radius 1 is 1.07 bits per heavy atom. The number of rotatable bonds is 3. The summed E-state index contributed by atoms with van der Waals surface area (Å²) in [5.41, 5.74) is 0. The van der Waals surface area contributed by atoms with Crippen LogP contribution in [0.4, 0.5) is 0 Å². The van der Waals surface area contributed by atoms with Crippen LogP contribution in [-0.2, 0) is 23.5 Å². The second kappa shape index (κ2) is 4.90. The van der Waals surface area contributed by atoms with Gasteiger partial charge in [-0.05, 0) is 19.6 Å². The normalized spacial score (nSPS) is 10.6. The highest BCUT2D eigenvalue weighted by molar-refractivity contribution is 6.71. The van der Waals surface area contributed by atoms with E-state index in [1.165, 1.54) is 0 Å². The van der Waals surface area contributed by atoms with Gasteiger partial charge < -0.3 is 9.16 Å². The monoisotopic (exact) mass is 218 g/mol. The molecule has 14 heavy (non-hydrogen) atoms. The van der Waals surface area contributed by atoms with Gasteiger partial charge in [0.05, 0.1) is 0 Å².